The molecule has 0 spiro atoms. The van der Waals surface area contributed by atoms with E-state index in [1.807, 2.05) is 31.2 Å². The maximum atomic E-state index is 11.7. The zero-order chi connectivity index (χ0) is 15.1. The summed E-state index contributed by atoms with van der Waals surface area (Å²) < 4.78 is 4.82. The van der Waals surface area contributed by atoms with Crippen LogP contribution in [0.2, 0.25) is 0 Å². The Hall–Kier alpha value is -2.56. The molecular weight excluding hydrogens is 268 g/mol. The van der Waals surface area contributed by atoms with Crippen LogP contribution in [0.3, 0.4) is 0 Å². The van der Waals surface area contributed by atoms with Crippen LogP contribution in [0.5, 0.6) is 0 Å². The Morgan fingerprint density at radius 1 is 1.14 bits per heavy atom. The summed E-state index contributed by atoms with van der Waals surface area (Å²) in [7, 11) is 0. The van der Waals surface area contributed by atoms with Crippen molar-refractivity contribution >= 4 is 11.8 Å². The largest absolute Gasteiger partial charge is 0.472 e. The van der Waals surface area contributed by atoms with E-state index in [0.717, 1.165) is 11.1 Å². The maximum Gasteiger partial charge on any atom is 0.254 e. The van der Waals surface area contributed by atoms with Crippen molar-refractivity contribution in [1.29, 1.82) is 0 Å². The average Bonchev–Trinajstić information content (AvgIpc) is 3.00. The van der Waals surface area contributed by atoms with Gasteiger partial charge >= 0.3 is 0 Å². The van der Waals surface area contributed by atoms with Gasteiger partial charge in [0, 0.05) is 19.5 Å². The highest BCUT2D eigenvalue weighted by Gasteiger charge is 2.07. The van der Waals surface area contributed by atoms with E-state index < -0.39 is 0 Å². The van der Waals surface area contributed by atoms with Crippen LogP contribution in [-0.2, 0) is 11.3 Å². The number of furan rings is 1. The smallest absolute Gasteiger partial charge is 0.254 e. The number of hydrogen-bond acceptors (Lipinski definition) is 3. The number of nitrogens with one attached hydrogen (secondary N) is 2. The monoisotopic (exact) mass is 286 g/mol. The molecule has 0 atom stereocenters. The molecule has 0 bridgehead atoms. The first-order valence-corrected chi connectivity index (χ1v) is 6.78. The summed E-state index contributed by atoms with van der Waals surface area (Å²) in [6, 6.07) is 9.47. The lowest BCUT2D eigenvalue weighted by Gasteiger charge is -2.08. The first kappa shape index (κ1) is 14.8. The molecule has 2 N–H and O–H groups in total. The summed E-state index contributed by atoms with van der Waals surface area (Å²) in [5, 5.41) is 5.51. The molecule has 2 rings (SSSR count). The third-order valence-electron chi connectivity index (χ3n) is 3.16. The van der Waals surface area contributed by atoms with E-state index in [-0.39, 0.29) is 18.2 Å². The molecular formula is C16H18N2O3. The lowest BCUT2D eigenvalue weighted by molar-refractivity contribution is -0.121. The van der Waals surface area contributed by atoms with E-state index in [1.54, 1.807) is 6.07 Å². The highest BCUT2D eigenvalue weighted by molar-refractivity contribution is 5.94. The van der Waals surface area contributed by atoms with E-state index in [0.29, 0.717) is 18.7 Å². The van der Waals surface area contributed by atoms with Gasteiger partial charge in [0.25, 0.3) is 5.91 Å². The molecule has 1 heterocycles. The van der Waals surface area contributed by atoms with Crippen LogP contribution in [0, 0.1) is 6.92 Å². The summed E-state index contributed by atoms with van der Waals surface area (Å²) in [6.07, 6.45) is 3.05. The minimum Gasteiger partial charge on any atom is -0.472 e. The maximum absolute atomic E-state index is 11.7. The SMILES string of the molecule is Cc1ccccc1CNC(=O)CCNC(=O)c1ccoc1. The number of carbonyl (C=O) groups is 2. The van der Waals surface area contributed by atoms with Crippen LogP contribution in [0.15, 0.2) is 47.3 Å². The van der Waals surface area contributed by atoms with Gasteiger partial charge in [0.15, 0.2) is 0 Å². The predicted molar refractivity (Wildman–Crippen MR) is 78.7 cm³/mol. The van der Waals surface area contributed by atoms with Crippen LogP contribution >= 0.6 is 0 Å². The number of benzene rings is 1. The van der Waals surface area contributed by atoms with Crippen molar-refractivity contribution in [2.24, 2.45) is 0 Å². The Morgan fingerprint density at radius 2 is 1.95 bits per heavy atom. The molecule has 21 heavy (non-hydrogen) atoms. The summed E-state index contributed by atoms with van der Waals surface area (Å²) in [6.45, 7) is 2.80. The molecule has 1 aromatic carbocycles. The molecule has 0 saturated carbocycles. The first-order chi connectivity index (χ1) is 10.2. The minimum absolute atomic E-state index is 0.0919. The third kappa shape index (κ3) is 4.49. The van der Waals surface area contributed by atoms with Crippen LogP contribution < -0.4 is 10.6 Å². The Labute approximate surface area is 123 Å². The minimum atomic E-state index is -0.240. The number of aryl methyl sites for hydroxylation is 1. The molecule has 0 saturated heterocycles. The van der Waals surface area contributed by atoms with E-state index in [2.05, 4.69) is 10.6 Å². The summed E-state index contributed by atoms with van der Waals surface area (Å²) >= 11 is 0. The number of rotatable bonds is 6. The second kappa shape index (κ2) is 7.28. The Morgan fingerprint density at radius 3 is 2.67 bits per heavy atom. The van der Waals surface area contributed by atoms with Gasteiger partial charge in [-0.05, 0) is 24.1 Å². The highest BCUT2D eigenvalue weighted by Crippen LogP contribution is 2.06. The summed E-state index contributed by atoms with van der Waals surface area (Å²) in [4.78, 5) is 23.3. The van der Waals surface area contributed by atoms with Crippen molar-refractivity contribution in [3.8, 4) is 0 Å². The first-order valence-electron chi connectivity index (χ1n) is 6.78. The summed E-state index contributed by atoms with van der Waals surface area (Å²) in [5.41, 5.74) is 2.69. The number of carbonyl (C=O) groups excluding carboxylic acids is 2. The molecule has 0 fully saturated rings. The lowest BCUT2D eigenvalue weighted by Crippen LogP contribution is -2.30. The van der Waals surface area contributed by atoms with Crippen molar-refractivity contribution < 1.29 is 14.0 Å². The van der Waals surface area contributed by atoms with Crippen LogP contribution in [0.1, 0.15) is 27.9 Å². The molecule has 2 aromatic rings. The van der Waals surface area contributed by atoms with Crippen molar-refractivity contribution in [3.63, 3.8) is 0 Å². The molecule has 1 aromatic heterocycles. The standard InChI is InChI=1S/C16H18N2O3/c1-12-4-2-3-5-13(12)10-18-15(19)6-8-17-16(20)14-7-9-21-11-14/h2-5,7,9,11H,6,8,10H2,1H3,(H,17,20)(H,18,19). The predicted octanol–water partition coefficient (Wildman–Crippen LogP) is 2.02. The third-order valence-corrected chi connectivity index (χ3v) is 3.16. The normalized spacial score (nSPS) is 10.1. The van der Waals surface area contributed by atoms with Gasteiger partial charge in [-0.25, -0.2) is 0 Å². The number of amides is 2. The molecule has 0 aliphatic rings. The molecule has 5 nitrogen and oxygen atoms in total. The van der Waals surface area contributed by atoms with Gasteiger partial charge in [0.1, 0.15) is 6.26 Å². The van der Waals surface area contributed by atoms with Crippen LogP contribution in [0.4, 0.5) is 0 Å². The molecule has 5 heteroatoms. The average molecular weight is 286 g/mol. The molecule has 2 amide bonds. The topological polar surface area (TPSA) is 71.3 Å². The van der Waals surface area contributed by atoms with E-state index in [1.165, 1.54) is 12.5 Å². The van der Waals surface area contributed by atoms with Gasteiger partial charge in [-0.1, -0.05) is 24.3 Å². The highest BCUT2D eigenvalue weighted by atomic mass is 16.3. The number of hydrogen-bond donors (Lipinski definition) is 2. The fraction of sp³-hybridized carbons (Fsp3) is 0.250. The van der Waals surface area contributed by atoms with Crippen LogP contribution in [0.25, 0.3) is 0 Å². The quantitative estimate of drug-likeness (QED) is 0.853. The van der Waals surface area contributed by atoms with E-state index >= 15 is 0 Å². The van der Waals surface area contributed by atoms with Crippen LogP contribution in [-0.4, -0.2) is 18.4 Å². The Balaban J connectivity index is 1.68. The van der Waals surface area contributed by atoms with Crippen molar-refractivity contribution in [1.82, 2.24) is 10.6 Å². The zero-order valence-electron chi connectivity index (χ0n) is 11.9. The molecule has 0 aliphatic carbocycles. The molecule has 0 aliphatic heterocycles. The van der Waals surface area contributed by atoms with Gasteiger partial charge in [0.05, 0.1) is 11.8 Å². The van der Waals surface area contributed by atoms with E-state index in [9.17, 15) is 9.59 Å². The second-order valence-electron chi connectivity index (χ2n) is 4.72. The van der Waals surface area contributed by atoms with Gasteiger partial charge in [-0.15, -0.1) is 0 Å². The van der Waals surface area contributed by atoms with Crippen molar-refractivity contribution in [2.75, 3.05) is 6.54 Å². The Bertz CT molecular complexity index is 606. The van der Waals surface area contributed by atoms with Crippen molar-refractivity contribution in [3.05, 3.63) is 59.5 Å². The molecule has 110 valence electrons. The Kier molecular flexibility index (Phi) is 5.15. The zero-order valence-corrected chi connectivity index (χ0v) is 11.9. The second-order valence-corrected chi connectivity index (χ2v) is 4.72. The molecule has 0 radical (unpaired) electrons. The fourth-order valence-electron chi connectivity index (χ4n) is 1.88. The fourth-order valence-corrected chi connectivity index (χ4v) is 1.88. The van der Waals surface area contributed by atoms with Gasteiger partial charge in [-0.3, -0.25) is 9.59 Å². The lowest BCUT2D eigenvalue weighted by atomic mass is 10.1. The molecule has 0 unspecified atom stereocenters. The van der Waals surface area contributed by atoms with Gasteiger partial charge in [0.2, 0.25) is 5.91 Å². The van der Waals surface area contributed by atoms with E-state index in [4.69, 9.17) is 4.42 Å². The van der Waals surface area contributed by atoms with Gasteiger partial charge in [-0.2, -0.15) is 0 Å². The van der Waals surface area contributed by atoms with Gasteiger partial charge < -0.3 is 15.1 Å². The summed E-state index contributed by atoms with van der Waals surface area (Å²) in [5.74, 6) is -0.332. The van der Waals surface area contributed by atoms with Crippen molar-refractivity contribution in [2.45, 2.75) is 19.9 Å².